The molecule has 7 nitrogen and oxygen atoms in total. The van der Waals surface area contributed by atoms with Crippen molar-refractivity contribution in [3.8, 4) is 11.5 Å². The van der Waals surface area contributed by atoms with Crippen LogP contribution in [-0.2, 0) is 14.3 Å². The van der Waals surface area contributed by atoms with E-state index in [4.69, 9.17) is 18.9 Å². The van der Waals surface area contributed by atoms with Crippen LogP contribution in [0.2, 0.25) is 0 Å². The monoisotopic (exact) mass is 612 g/mol. The predicted molar refractivity (Wildman–Crippen MR) is 159 cm³/mol. The number of alkyl halides is 3. The van der Waals surface area contributed by atoms with E-state index in [2.05, 4.69) is 0 Å². The second-order valence-corrected chi connectivity index (χ2v) is 10.1. The van der Waals surface area contributed by atoms with Gasteiger partial charge in [0.15, 0.2) is 0 Å². The van der Waals surface area contributed by atoms with Gasteiger partial charge in [0.1, 0.15) is 11.5 Å². The normalized spacial score (nSPS) is 11.3. The van der Waals surface area contributed by atoms with Gasteiger partial charge in [0, 0.05) is 6.08 Å². The molecule has 0 aliphatic carbocycles. The maximum Gasteiger partial charge on any atom is 0.392 e. The molecule has 0 atom stereocenters. The number of hydrogen-bond donors (Lipinski definition) is 0. The molecule has 0 amide bonds. The summed E-state index contributed by atoms with van der Waals surface area (Å²) in [5, 5.41) is 0. The average molecular weight is 613 g/mol. The summed E-state index contributed by atoms with van der Waals surface area (Å²) >= 11 is 0. The molecule has 0 N–H and O–H groups in total. The van der Waals surface area contributed by atoms with E-state index in [-0.39, 0.29) is 29.6 Å². The van der Waals surface area contributed by atoms with Crippen LogP contribution in [0.3, 0.4) is 0 Å². The van der Waals surface area contributed by atoms with Gasteiger partial charge in [-0.15, -0.1) is 0 Å². The summed E-state index contributed by atoms with van der Waals surface area (Å²) in [4.78, 5) is 36.5. The van der Waals surface area contributed by atoms with Crippen LogP contribution in [0, 0.1) is 13.8 Å². The number of hydrogen-bond acceptors (Lipinski definition) is 7. The van der Waals surface area contributed by atoms with E-state index >= 15 is 0 Å². The van der Waals surface area contributed by atoms with E-state index in [1.807, 2.05) is 32.0 Å². The van der Waals surface area contributed by atoms with Gasteiger partial charge in [-0.05, 0) is 99.7 Å². The van der Waals surface area contributed by atoms with Gasteiger partial charge in [-0.2, -0.15) is 13.2 Å². The Morgan fingerprint density at radius 2 is 1.27 bits per heavy atom. The van der Waals surface area contributed by atoms with Crippen LogP contribution in [0.5, 0.6) is 11.5 Å². The van der Waals surface area contributed by atoms with Crippen molar-refractivity contribution < 1.29 is 46.5 Å². The summed E-state index contributed by atoms with van der Waals surface area (Å²) in [6.45, 7) is 3.98. The molecule has 3 aromatic carbocycles. The first-order chi connectivity index (χ1) is 21.0. The molecule has 0 saturated carbocycles. The molecule has 3 aromatic rings. The zero-order valence-electron chi connectivity index (χ0n) is 24.7. The van der Waals surface area contributed by atoms with Crippen LogP contribution in [0.25, 0.3) is 6.08 Å². The summed E-state index contributed by atoms with van der Waals surface area (Å²) in [6.07, 6.45) is 0.614. The van der Waals surface area contributed by atoms with Crippen LogP contribution in [-0.4, -0.2) is 43.9 Å². The zero-order chi connectivity index (χ0) is 32.0. The first-order valence-corrected chi connectivity index (χ1v) is 14.2. The summed E-state index contributed by atoms with van der Waals surface area (Å²) in [5.41, 5.74) is 3.49. The zero-order valence-corrected chi connectivity index (χ0v) is 24.7. The third-order valence-electron chi connectivity index (χ3n) is 6.22. The number of rotatable bonds is 15. The SMILES string of the molecule is Cc1cc(C)cc(C(=O)OCCCCCCOC(=O)/C=C/c2ccc(OC(=O)c3ccc(OCCC(F)(F)F)cc3)cc2)c1. The van der Waals surface area contributed by atoms with Crippen molar-refractivity contribution in [1.82, 2.24) is 0 Å². The van der Waals surface area contributed by atoms with Gasteiger partial charge in [0.25, 0.3) is 0 Å². The van der Waals surface area contributed by atoms with E-state index in [0.29, 0.717) is 24.2 Å². The number of halogens is 3. The van der Waals surface area contributed by atoms with Crippen molar-refractivity contribution in [2.45, 2.75) is 52.1 Å². The predicted octanol–water partition coefficient (Wildman–Crippen LogP) is 7.83. The fraction of sp³-hybridized carbons (Fsp3) is 0.324. The third kappa shape index (κ3) is 12.7. The summed E-state index contributed by atoms with van der Waals surface area (Å²) in [6, 6.07) is 17.7. The highest BCUT2D eigenvalue weighted by molar-refractivity contribution is 5.91. The molecule has 10 heteroatoms. The van der Waals surface area contributed by atoms with Crippen molar-refractivity contribution in [3.05, 3.63) is 101 Å². The Bertz CT molecular complexity index is 1390. The quantitative estimate of drug-likeness (QED) is 0.0748. The highest BCUT2D eigenvalue weighted by atomic mass is 19.4. The molecule has 234 valence electrons. The van der Waals surface area contributed by atoms with Crippen molar-refractivity contribution in [2.24, 2.45) is 0 Å². The smallest absolute Gasteiger partial charge is 0.392 e. The standard InChI is InChI=1S/C34H35F3O7/c1-24-21-25(2)23-28(22-24)32(39)43-19-6-4-3-5-18-42-31(38)16-9-26-7-12-30(13-8-26)44-33(40)27-10-14-29(15-11-27)41-20-17-34(35,36)37/h7-16,21-23H,3-6,17-20H2,1-2H3/b16-9+. The molecule has 0 bridgehead atoms. The number of carbonyl (C=O) groups excluding carboxylic acids is 3. The van der Waals surface area contributed by atoms with Gasteiger partial charge in [-0.3, -0.25) is 0 Å². The maximum atomic E-state index is 12.4. The average Bonchev–Trinajstić information content (AvgIpc) is 2.97. The lowest BCUT2D eigenvalue weighted by molar-refractivity contribution is -0.140. The van der Waals surface area contributed by atoms with Gasteiger partial charge in [0.2, 0.25) is 0 Å². The molecular formula is C34H35F3O7. The van der Waals surface area contributed by atoms with Crippen molar-refractivity contribution in [2.75, 3.05) is 19.8 Å². The van der Waals surface area contributed by atoms with Gasteiger partial charge in [0.05, 0.1) is 37.4 Å². The Balaban J connectivity index is 1.28. The third-order valence-corrected chi connectivity index (χ3v) is 6.22. The van der Waals surface area contributed by atoms with Crippen LogP contribution < -0.4 is 9.47 Å². The summed E-state index contributed by atoms with van der Waals surface area (Å²) in [5.74, 6) is -0.953. The first-order valence-electron chi connectivity index (χ1n) is 14.2. The highest BCUT2D eigenvalue weighted by Gasteiger charge is 2.26. The highest BCUT2D eigenvalue weighted by Crippen LogP contribution is 2.21. The molecule has 0 aliphatic rings. The molecule has 0 saturated heterocycles. The maximum absolute atomic E-state index is 12.4. The van der Waals surface area contributed by atoms with Crippen molar-refractivity contribution >= 4 is 24.0 Å². The summed E-state index contributed by atoms with van der Waals surface area (Å²) in [7, 11) is 0. The van der Waals surface area contributed by atoms with Gasteiger partial charge >= 0.3 is 24.1 Å². The second kappa shape index (κ2) is 16.9. The van der Waals surface area contributed by atoms with Gasteiger partial charge in [-0.1, -0.05) is 29.3 Å². The minimum atomic E-state index is -4.30. The molecule has 0 fully saturated rings. The number of unbranched alkanes of at least 4 members (excludes halogenated alkanes) is 3. The minimum Gasteiger partial charge on any atom is -0.493 e. The number of esters is 3. The molecule has 0 heterocycles. The number of carbonyl (C=O) groups is 3. The van der Waals surface area contributed by atoms with Crippen LogP contribution >= 0.6 is 0 Å². The van der Waals surface area contributed by atoms with E-state index in [0.717, 1.165) is 30.4 Å². The molecular weight excluding hydrogens is 577 g/mol. The van der Waals surface area contributed by atoms with E-state index in [1.54, 1.807) is 30.3 Å². The van der Waals surface area contributed by atoms with E-state index < -0.39 is 31.1 Å². The summed E-state index contributed by atoms with van der Waals surface area (Å²) < 4.78 is 57.6. The van der Waals surface area contributed by atoms with Crippen molar-refractivity contribution in [1.29, 1.82) is 0 Å². The Morgan fingerprint density at radius 1 is 0.682 bits per heavy atom. The first kappa shape index (κ1) is 33.9. The van der Waals surface area contributed by atoms with Gasteiger partial charge in [-0.25, -0.2) is 14.4 Å². The Morgan fingerprint density at radius 3 is 1.89 bits per heavy atom. The lowest BCUT2D eigenvalue weighted by Crippen LogP contribution is -2.13. The number of aryl methyl sites for hydroxylation is 2. The van der Waals surface area contributed by atoms with Crippen LogP contribution in [0.15, 0.2) is 72.8 Å². The molecule has 0 radical (unpaired) electrons. The Labute approximate surface area is 254 Å². The molecule has 3 rings (SSSR count). The van der Waals surface area contributed by atoms with Gasteiger partial charge < -0.3 is 18.9 Å². The van der Waals surface area contributed by atoms with Crippen LogP contribution in [0.4, 0.5) is 13.2 Å². The van der Waals surface area contributed by atoms with Crippen molar-refractivity contribution in [3.63, 3.8) is 0 Å². The fourth-order valence-corrected chi connectivity index (χ4v) is 4.07. The Hall–Kier alpha value is -4.60. The lowest BCUT2D eigenvalue weighted by Gasteiger charge is -2.09. The van der Waals surface area contributed by atoms with Crippen LogP contribution in [0.1, 0.15) is 69.5 Å². The topological polar surface area (TPSA) is 88.1 Å². The molecule has 0 unspecified atom stereocenters. The largest absolute Gasteiger partial charge is 0.493 e. The number of benzene rings is 3. The van der Waals surface area contributed by atoms with E-state index in [9.17, 15) is 27.6 Å². The molecule has 0 aromatic heterocycles. The minimum absolute atomic E-state index is 0.205. The van der Waals surface area contributed by atoms with E-state index in [1.165, 1.54) is 30.3 Å². The Kier molecular flexibility index (Phi) is 13.0. The molecule has 0 aliphatic heterocycles. The molecule has 44 heavy (non-hydrogen) atoms. The molecule has 0 spiro atoms. The lowest BCUT2D eigenvalue weighted by atomic mass is 10.1. The second-order valence-electron chi connectivity index (χ2n) is 10.1. The number of ether oxygens (including phenoxy) is 4. The fourth-order valence-electron chi connectivity index (χ4n) is 4.07.